The molecule has 0 radical (unpaired) electrons. The predicted octanol–water partition coefficient (Wildman–Crippen LogP) is 2.24. The van der Waals surface area contributed by atoms with Crippen LogP contribution >= 0.6 is 0 Å². The lowest BCUT2D eigenvalue weighted by atomic mass is 9.84. The fourth-order valence-corrected chi connectivity index (χ4v) is 1.47. The van der Waals surface area contributed by atoms with Crippen LogP contribution in [0.4, 0.5) is 0 Å². The summed E-state index contributed by atoms with van der Waals surface area (Å²) in [5.74, 6) is 0. The van der Waals surface area contributed by atoms with Gasteiger partial charge in [-0.15, -0.1) is 0 Å². The second-order valence-electron chi connectivity index (χ2n) is 4.30. The molecule has 1 N–H and O–H groups in total. The van der Waals surface area contributed by atoms with Crippen LogP contribution < -0.4 is 5.56 Å². The molecule has 0 atom stereocenters. The summed E-state index contributed by atoms with van der Waals surface area (Å²) in [4.78, 5) is 17.8. The number of aromatic nitrogens is 2. The van der Waals surface area contributed by atoms with Crippen LogP contribution in [0.15, 0.2) is 17.2 Å². The molecule has 0 saturated heterocycles. The van der Waals surface area contributed by atoms with Crippen molar-refractivity contribution in [3.63, 3.8) is 0 Å². The molecular formula is C11H18N2O. The molecular weight excluding hydrogens is 176 g/mol. The van der Waals surface area contributed by atoms with Crippen LogP contribution in [0.5, 0.6) is 0 Å². The molecule has 0 aliphatic heterocycles. The van der Waals surface area contributed by atoms with E-state index in [1.165, 1.54) is 19.0 Å². The molecule has 3 nitrogen and oxygen atoms in total. The molecule has 0 amide bonds. The Labute approximate surface area is 84.6 Å². The van der Waals surface area contributed by atoms with Crippen molar-refractivity contribution in [3.05, 3.63) is 28.4 Å². The van der Waals surface area contributed by atoms with Gasteiger partial charge in [0.05, 0.1) is 6.20 Å². The number of nitrogens with zero attached hydrogens (tertiary/aromatic N) is 1. The summed E-state index contributed by atoms with van der Waals surface area (Å²) < 4.78 is 0. The molecule has 0 saturated carbocycles. The minimum atomic E-state index is -0.118. The van der Waals surface area contributed by atoms with Gasteiger partial charge in [-0.3, -0.25) is 9.78 Å². The van der Waals surface area contributed by atoms with Crippen molar-refractivity contribution < 1.29 is 0 Å². The predicted molar refractivity (Wildman–Crippen MR) is 57.4 cm³/mol. The number of H-pyrrole nitrogens is 1. The first-order valence-corrected chi connectivity index (χ1v) is 5.11. The fourth-order valence-electron chi connectivity index (χ4n) is 1.47. The van der Waals surface area contributed by atoms with Gasteiger partial charge in [-0.05, 0) is 6.42 Å². The van der Waals surface area contributed by atoms with E-state index in [4.69, 9.17) is 0 Å². The van der Waals surface area contributed by atoms with Gasteiger partial charge in [0.15, 0.2) is 0 Å². The van der Waals surface area contributed by atoms with Gasteiger partial charge in [0.1, 0.15) is 0 Å². The van der Waals surface area contributed by atoms with E-state index in [0.717, 1.165) is 12.1 Å². The Bertz CT molecular complexity index is 341. The molecule has 0 aliphatic rings. The first-order valence-electron chi connectivity index (χ1n) is 5.11. The maximum Gasteiger partial charge on any atom is 0.266 e. The Kier molecular flexibility index (Phi) is 3.44. The van der Waals surface area contributed by atoms with Gasteiger partial charge in [-0.25, -0.2) is 0 Å². The number of unbranched alkanes of at least 4 members (excludes halogenated alkanes) is 1. The molecule has 0 spiro atoms. The van der Waals surface area contributed by atoms with Crippen LogP contribution in [0.25, 0.3) is 0 Å². The molecule has 1 aromatic rings. The highest BCUT2D eigenvalue weighted by molar-refractivity contribution is 5.09. The molecule has 78 valence electrons. The third-order valence-corrected chi connectivity index (χ3v) is 2.54. The number of hydrogen-bond donors (Lipinski definition) is 1. The van der Waals surface area contributed by atoms with E-state index >= 15 is 0 Å². The van der Waals surface area contributed by atoms with Gasteiger partial charge in [-0.1, -0.05) is 33.6 Å². The molecule has 14 heavy (non-hydrogen) atoms. The molecule has 0 aromatic carbocycles. The Hall–Kier alpha value is -1.12. The van der Waals surface area contributed by atoms with E-state index in [9.17, 15) is 4.79 Å². The van der Waals surface area contributed by atoms with Gasteiger partial charge >= 0.3 is 0 Å². The Morgan fingerprint density at radius 2 is 2.14 bits per heavy atom. The van der Waals surface area contributed by atoms with E-state index in [1.807, 2.05) is 0 Å². The van der Waals surface area contributed by atoms with E-state index in [2.05, 4.69) is 30.7 Å². The summed E-state index contributed by atoms with van der Waals surface area (Å²) in [6.45, 7) is 6.44. The summed E-state index contributed by atoms with van der Waals surface area (Å²) in [6.07, 6.45) is 6.47. The average Bonchev–Trinajstić information content (AvgIpc) is 2.15. The highest BCUT2D eigenvalue weighted by Gasteiger charge is 2.20. The minimum absolute atomic E-state index is 0.0173. The van der Waals surface area contributed by atoms with Gasteiger partial charge in [0, 0.05) is 17.3 Å². The van der Waals surface area contributed by atoms with Crippen LogP contribution in [-0.4, -0.2) is 9.97 Å². The molecule has 0 aliphatic carbocycles. The van der Waals surface area contributed by atoms with Crippen molar-refractivity contribution in [2.24, 2.45) is 0 Å². The Morgan fingerprint density at radius 1 is 1.43 bits per heavy atom. The molecule has 0 fully saturated rings. The highest BCUT2D eigenvalue weighted by atomic mass is 16.1. The van der Waals surface area contributed by atoms with Crippen LogP contribution in [0.1, 0.15) is 45.7 Å². The summed E-state index contributed by atoms with van der Waals surface area (Å²) in [5.41, 5.74) is 0.828. The van der Waals surface area contributed by atoms with Gasteiger partial charge in [0.25, 0.3) is 5.56 Å². The topological polar surface area (TPSA) is 45.8 Å². The van der Waals surface area contributed by atoms with E-state index in [-0.39, 0.29) is 11.0 Å². The summed E-state index contributed by atoms with van der Waals surface area (Å²) in [6, 6.07) is 0. The van der Waals surface area contributed by atoms with Crippen molar-refractivity contribution in [1.29, 1.82) is 0 Å². The molecule has 1 aromatic heterocycles. The second kappa shape index (κ2) is 4.40. The Balaban J connectivity index is 2.86. The third kappa shape index (κ3) is 2.69. The lowest BCUT2D eigenvalue weighted by Gasteiger charge is -2.23. The van der Waals surface area contributed by atoms with Crippen molar-refractivity contribution >= 4 is 0 Å². The molecule has 1 rings (SSSR count). The van der Waals surface area contributed by atoms with Crippen LogP contribution in [0, 0.1) is 0 Å². The normalized spacial score (nSPS) is 11.6. The minimum Gasteiger partial charge on any atom is -0.323 e. The highest BCUT2D eigenvalue weighted by Crippen LogP contribution is 2.25. The third-order valence-electron chi connectivity index (χ3n) is 2.54. The van der Waals surface area contributed by atoms with Crippen molar-refractivity contribution in [1.82, 2.24) is 9.97 Å². The number of hydrogen-bond acceptors (Lipinski definition) is 2. The van der Waals surface area contributed by atoms with E-state index in [0.29, 0.717) is 0 Å². The fraction of sp³-hybridized carbons (Fsp3) is 0.636. The average molecular weight is 194 g/mol. The van der Waals surface area contributed by atoms with Gasteiger partial charge in [-0.2, -0.15) is 0 Å². The summed E-state index contributed by atoms with van der Waals surface area (Å²) in [5, 5.41) is 0. The van der Waals surface area contributed by atoms with Crippen molar-refractivity contribution in [2.45, 2.75) is 45.4 Å². The maximum atomic E-state index is 11.1. The number of rotatable bonds is 4. The number of nitrogens with one attached hydrogen (secondary N) is 1. The van der Waals surface area contributed by atoms with Crippen molar-refractivity contribution in [3.8, 4) is 0 Å². The summed E-state index contributed by atoms with van der Waals surface area (Å²) >= 11 is 0. The van der Waals surface area contributed by atoms with Gasteiger partial charge in [0.2, 0.25) is 0 Å². The molecule has 0 unspecified atom stereocenters. The zero-order chi connectivity index (χ0) is 10.6. The van der Waals surface area contributed by atoms with Crippen LogP contribution in [0.3, 0.4) is 0 Å². The zero-order valence-corrected chi connectivity index (χ0v) is 9.13. The molecule has 3 heteroatoms. The van der Waals surface area contributed by atoms with E-state index < -0.39 is 0 Å². The number of aromatic amines is 1. The molecule has 0 bridgehead atoms. The van der Waals surface area contributed by atoms with Gasteiger partial charge < -0.3 is 4.98 Å². The second-order valence-corrected chi connectivity index (χ2v) is 4.30. The first-order chi connectivity index (χ1) is 6.56. The lowest BCUT2D eigenvalue weighted by molar-refractivity contribution is 0.443. The smallest absolute Gasteiger partial charge is 0.266 e. The largest absolute Gasteiger partial charge is 0.323 e. The lowest BCUT2D eigenvalue weighted by Crippen LogP contribution is -2.23. The van der Waals surface area contributed by atoms with Crippen molar-refractivity contribution in [2.75, 3.05) is 0 Å². The quantitative estimate of drug-likeness (QED) is 0.799. The maximum absolute atomic E-state index is 11.1. The van der Waals surface area contributed by atoms with Crippen LogP contribution in [0.2, 0.25) is 0 Å². The monoisotopic (exact) mass is 194 g/mol. The molecule has 1 heterocycles. The SMILES string of the molecule is CCCCC(C)(C)c1cncc(=O)[nH]1. The zero-order valence-electron chi connectivity index (χ0n) is 9.13. The summed E-state index contributed by atoms with van der Waals surface area (Å²) in [7, 11) is 0. The van der Waals surface area contributed by atoms with Crippen LogP contribution in [-0.2, 0) is 5.41 Å². The standard InChI is InChI=1S/C11H18N2O/c1-4-5-6-11(2,3)9-7-12-8-10(14)13-9/h7-8H,4-6H2,1-3H3,(H,13,14). The van der Waals surface area contributed by atoms with E-state index in [1.54, 1.807) is 6.20 Å². The Morgan fingerprint density at radius 3 is 2.71 bits per heavy atom. The first kappa shape index (κ1) is 11.0.